The molecule has 0 bridgehead atoms. The monoisotopic (exact) mass is 677 g/mol. The van der Waals surface area contributed by atoms with Gasteiger partial charge >= 0.3 is 6.18 Å². The molecule has 1 aliphatic heterocycles. The van der Waals surface area contributed by atoms with Crippen LogP contribution in [-0.4, -0.2) is 62.1 Å². The minimum Gasteiger partial charge on any atom is -0.489 e. The van der Waals surface area contributed by atoms with Gasteiger partial charge in [0.05, 0.1) is 29.6 Å². The van der Waals surface area contributed by atoms with E-state index in [1.165, 1.54) is 43.6 Å². The number of aryl methyl sites for hydroxylation is 1. The highest BCUT2D eigenvalue weighted by atomic mass is 19.4. The summed E-state index contributed by atoms with van der Waals surface area (Å²) in [7, 11) is 0. The molecular weight excluding hydrogens is 650 g/mol. The SMILES string of the molecule is Cc1ncc(C(=O)Nc2cc(C(=O)NC[C@](O)(c3cc4c(c(-c5ccc(F)cc5)n3)OC[C@]4(C)C(N)=O)C(F)(F)F)cc3cccnc23)[nH]1. The smallest absolute Gasteiger partial charge is 0.424 e. The Balaban J connectivity index is 1.38. The first kappa shape index (κ1) is 33.0. The number of pyridine rings is 2. The van der Waals surface area contributed by atoms with E-state index in [0.29, 0.717) is 16.7 Å². The molecule has 3 amide bonds. The quantitative estimate of drug-likeness (QED) is 0.152. The molecule has 49 heavy (non-hydrogen) atoms. The number of carbonyl (C=O) groups is 3. The van der Waals surface area contributed by atoms with Gasteiger partial charge in [-0.05, 0) is 62.4 Å². The standard InChI is InChI=1S/C33H27F4N7O5/c1-16-40-13-23(42-16)29(46)43-22-11-19(10-18-4-3-9-39-25(18)22)28(45)41-14-32(48,33(35,36)37)24-12-21-27(49-15-31(21,2)30(38)47)26(44-24)17-5-7-20(34)8-6-17/h3-13,48H,14-15H2,1-2H3,(H2,38,47)(H,40,42)(H,41,45)(H,43,46)/t31-,32-/m0/s1. The van der Waals surface area contributed by atoms with Crippen LogP contribution >= 0.6 is 0 Å². The fourth-order valence-electron chi connectivity index (χ4n) is 5.39. The van der Waals surface area contributed by atoms with Crippen LogP contribution in [0.2, 0.25) is 0 Å². The normalized spacial score (nSPS) is 16.8. The van der Waals surface area contributed by atoms with Crippen LogP contribution in [-0.2, 0) is 15.8 Å². The molecule has 16 heteroatoms. The molecule has 0 spiro atoms. The number of fused-ring (bicyclic) bond motifs is 2. The van der Waals surface area contributed by atoms with Crippen molar-refractivity contribution in [2.45, 2.75) is 31.0 Å². The van der Waals surface area contributed by atoms with Crippen LogP contribution in [0, 0.1) is 12.7 Å². The first-order valence-electron chi connectivity index (χ1n) is 14.6. The van der Waals surface area contributed by atoms with E-state index in [2.05, 4.69) is 30.6 Å². The number of halogens is 4. The summed E-state index contributed by atoms with van der Waals surface area (Å²) in [5.41, 5.74) is -0.582. The predicted molar refractivity (Wildman–Crippen MR) is 167 cm³/mol. The zero-order valence-electron chi connectivity index (χ0n) is 25.8. The number of carbonyl (C=O) groups excluding carboxylic acids is 3. The van der Waals surface area contributed by atoms with Crippen molar-refractivity contribution in [1.82, 2.24) is 25.3 Å². The Hall–Kier alpha value is -5.90. The second-order valence-electron chi connectivity index (χ2n) is 11.7. The molecule has 3 aromatic heterocycles. The molecule has 4 heterocycles. The van der Waals surface area contributed by atoms with Crippen molar-refractivity contribution in [3.05, 3.63) is 101 Å². The number of alkyl halides is 3. The number of ether oxygens (including phenoxy) is 1. The maximum atomic E-state index is 14.8. The molecule has 0 unspecified atom stereocenters. The number of anilines is 1. The van der Waals surface area contributed by atoms with E-state index in [0.717, 1.165) is 18.2 Å². The highest BCUT2D eigenvalue weighted by Crippen LogP contribution is 2.47. The summed E-state index contributed by atoms with van der Waals surface area (Å²) in [6.45, 7) is 1.27. The van der Waals surface area contributed by atoms with Gasteiger partial charge in [0, 0.05) is 28.3 Å². The molecule has 0 aliphatic carbocycles. The van der Waals surface area contributed by atoms with E-state index in [1.54, 1.807) is 19.1 Å². The summed E-state index contributed by atoms with van der Waals surface area (Å²) < 4.78 is 63.9. The summed E-state index contributed by atoms with van der Waals surface area (Å²) in [6, 6.07) is 11.2. The minimum absolute atomic E-state index is 0.0603. The molecule has 5 aromatic rings. The van der Waals surface area contributed by atoms with Crippen LogP contribution in [0.4, 0.5) is 23.2 Å². The maximum absolute atomic E-state index is 14.8. The van der Waals surface area contributed by atoms with Gasteiger partial charge in [-0.15, -0.1) is 0 Å². The lowest BCUT2D eigenvalue weighted by Crippen LogP contribution is -2.51. The van der Waals surface area contributed by atoms with E-state index in [1.807, 2.05) is 0 Å². The van der Waals surface area contributed by atoms with Crippen LogP contribution in [0.3, 0.4) is 0 Å². The molecule has 1 aliphatic rings. The van der Waals surface area contributed by atoms with E-state index in [-0.39, 0.29) is 46.1 Å². The van der Waals surface area contributed by atoms with Gasteiger partial charge in [0.25, 0.3) is 11.8 Å². The zero-order valence-corrected chi connectivity index (χ0v) is 25.8. The summed E-state index contributed by atoms with van der Waals surface area (Å²) in [6.07, 6.45) is -2.65. The lowest BCUT2D eigenvalue weighted by atomic mass is 9.81. The zero-order chi connectivity index (χ0) is 35.3. The third kappa shape index (κ3) is 5.90. The lowest BCUT2D eigenvalue weighted by Gasteiger charge is -2.31. The van der Waals surface area contributed by atoms with Crippen molar-refractivity contribution in [2.75, 3.05) is 18.5 Å². The van der Waals surface area contributed by atoms with Crippen molar-refractivity contribution in [2.24, 2.45) is 5.73 Å². The third-order valence-electron chi connectivity index (χ3n) is 8.29. The van der Waals surface area contributed by atoms with Gasteiger partial charge in [-0.2, -0.15) is 13.2 Å². The van der Waals surface area contributed by atoms with Gasteiger partial charge in [0.2, 0.25) is 11.5 Å². The van der Waals surface area contributed by atoms with Crippen molar-refractivity contribution in [3.8, 4) is 17.0 Å². The molecule has 6 rings (SSSR count). The first-order valence-corrected chi connectivity index (χ1v) is 14.6. The van der Waals surface area contributed by atoms with Gasteiger partial charge in [-0.1, -0.05) is 6.07 Å². The number of aromatic nitrogens is 4. The van der Waals surface area contributed by atoms with Crippen LogP contribution in [0.25, 0.3) is 22.2 Å². The van der Waals surface area contributed by atoms with Crippen LogP contribution in [0.5, 0.6) is 5.75 Å². The van der Waals surface area contributed by atoms with Gasteiger partial charge < -0.3 is 31.2 Å². The number of imidazole rings is 1. The molecule has 6 N–H and O–H groups in total. The number of nitrogens with one attached hydrogen (secondary N) is 3. The van der Waals surface area contributed by atoms with Gasteiger partial charge in [-0.25, -0.2) is 14.4 Å². The Morgan fingerprint density at radius 3 is 2.47 bits per heavy atom. The molecular formula is C33H27F4N7O5. The molecule has 0 saturated carbocycles. The number of rotatable bonds is 8. The Morgan fingerprint density at radius 2 is 1.82 bits per heavy atom. The second-order valence-corrected chi connectivity index (χ2v) is 11.7. The third-order valence-corrected chi connectivity index (χ3v) is 8.29. The molecule has 0 radical (unpaired) electrons. The highest BCUT2D eigenvalue weighted by molar-refractivity contribution is 6.09. The number of hydrogen-bond donors (Lipinski definition) is 5. The Labute approximate surface area is 274 Å². The molecule has 252 valence electrons. The number of aliphatic hydroxyl groups is 1. The summed E-state index contributed by atoms with van der Waals surface area (Å²) in [5, 5.41) is 16.5. The topological polar surface area (TPSA) is 185 Å². The number of amides is 3. The first-order chi connectivity index (χ1) is 23.1. The second kappa shape index (κ2) is 12.0. The van der Waals surface area contributed by atoms with Crippen molar-refractivity contribution in [1.29, 1.82) is 0 Å². The van der Waals surface area contributed by atoms with E-state index < -0.39 is 53.0 Å². The van der Waals surface area contributed by atoms with Crippen molar-refractivity contribution < 1.29 is 41.8 Å². The average molecular weight is 678 g/mol. The molecule has 2 aromatic carbocycles. The fraction of sp³-hybridized carbons (Fsp3) is 0.212. The van der Waals surface area contributed by atoms with E-state index in [4.69, 9.17) is 10.5 Å². The Kier molecular flexibility index (Phi) is 8.06. The molecule has 0 saturated heterocycles. The number of aromatic amines is 1. The number of nitrogens with zero attached hydrogens (tertiary/aromatic N) is 3. The van der Waals surface area contributed by atoms with E-state index >= 15 is 0 Å². The lowest BCUT2D eigenvalue weighted by molar-refractivity contribution is -0.265. The number of H-pyrrole nitrogens is 1. The van der Waals surface area contributed by atoms with Crippen LogP contribution < -0.4 is 21.1 Å². The van der Waals surface area contributed by atoms with Crippen molar-refractivity contribution in [3.63, 3.8) is 0 Å². The van der Waals surface area contributed by atoms with Crippen LogP contribution in [0.15, 0.2) is 67.0 Å². The average Bonchev–Trinajstić information content (AvgIpc) is 3.66. The van der Waals surface area contributed by atoms with Gasteiger partial charge in [0.1, 0.15) is 40.8 Å². The van der Waals surface area contributed by atoms with Crippen molar-refractivity contribution >= 4 is 34.3 Å². The molecule has 2 atom stereocenters. The fourth-order valence-corrected chi connectivity index (χ4v) is 5.39. The van der Waals surface area contributed by atoms with E-state index in [9.17, 15) is 37.1 Å². The Morgan fingerprint density at radius 1 is 1.08 bits per heavy atom. The number of hydrogen-bond acceptors (Lipinski definition) is 8. The Bertz CT molecular complexity index is 2140. The number of primary amides is 1. The van der Waals surface area contributed by atoms with Gasteiger partial charge in [0.15, 0.2) is 0 Å². The minimum atomic E-state index is -5.42. The van der Waals surface area contributed by atoms with Gasteiger partial charge in [-0.3, -0.25) is 19.4 Å². The number of nitrogens with two attached hydrogens (primary N) is 1. The molecule has 12 nitrogen and oxygen atoms in total. The maximum Gasteiger partial charge on any atom is 0.424 e. The molecule has 0 fully saturated rings. The van der Waals surface area contributed by atoms with Crippen LogP contribution in [0.1, 0.15) is 44.9 Å². The predicted octanol–water partition coefficient (Wildman–Crippen LogP) is 4.04. The summed E-state index contributed by atoms with van der Waals surface area (Å²) >= 11 is 0. The summed E-state index contributed by atoms with van der Waals surface area (Å²) in [5.74, 6) is -2.76. The highest BCUT2D eigenvalue weighted by Gasteiger charge is 2.57. The number of benzene rings is 2. The summed E-state index contributed by atoms with van der Waals surface area (Å²) in [4.78, 5) is 53.9. The largest absolute Gasteiger partial charge is 0.489 e.